The first-order chi connectivity index (χ1) is 10.6. The molecule has 1 heterocycles. The van der Waals surface area contributed by atoms with E-state index in [9.17, 15) is 9.18 Å². The van der Waals surface area contributed by atoms with E-state index in [-0.39, 0.29) is 11.7 Å². The van der Waals surface area contributed by atoms with Gasteiger partial charge in [0, 0.05) is 28.9 Å². The highest BCUT2D eigenvalue weighted by Crippen LogP contribution is 2.36. The van der Waals surface area contributed by atoms with Crippen LogP contribution in [0.25, 0.3) is 11.1 Å². The number of hydrogen-bond acceptors (Lipinski definition) is 1. The highest BCUT2D eigenvalue weighted by atomic mass is 19.1. The molecular weight excluding hydrogens is 279 g/mol. The van der Waals surface area contributed by atoms with Gasteiger partial charge in [0.15, 0.2) is 0 Å². The lowest BCUT2D eigenvalue weighted by molar-refractivity contribution is 0.249. The van der Waals surface area contributed by atoms with Gasteiger partial charge < -0.3 is 5.73 Å². The molecule has 0 aliphatic carbocycles. The first kappa shape index (κ1) is 16.3. The molecule has 2 rings (SSSR count). The molecule has 0 bridgehead atoms. The summed E-state index contributed by atoms with van der Waals surface area (Å²) < 4.78 is 15.6. The normalized spacial score (nSPS) is 12.3. The fourth-order valence-electron chi connectivity index (χ4n) is 2.95. The van der Waals surface area contributed by atoms with Crippen LogP contribution in [-0.4, -0.2) is 10.6 Å². The Balaban J connectivity index is 2.56. The van der Waals surface area contributed by atoms with E-state index in [1.54, 1.807) is 30.5 Å². The zero-order valence-corrected chi connectivity index (χ0v) is 13.2. The molecule has 1 unspecified atom stereocenters. The number of benzene rings is 1. The number of aromatic nitrogens is 1. The standard InChI is InChI=1S/C18H23FN2O/c1-3-5-8-13(4-2)17-15(11-12-21(17)18(20)22)14-9-6-7-10-16(14)19/h6-7,9-13H,3-5,8H2,1-2H3,(H2,20,22). The first-order valence-electron chi connectivity index (χ1n) is 7.86. The van der Waals surface area contributed by atoms with Gasteiger partial charge in [-0.1, -0.05) is 44.9 Å². The van der Waals surface area contributed by atoms with Gasteiger partial charge in [-0.3, -0.25) is 4.57 Å². The van der Waals surface area contributed by atoms with Gasteiger partial charge in [-0.05, 0) is 25.0 Å². The predicted octanol–water partition coefficient (Wildman–Crippen LogP) is 4.90. The van der Waals surface area contributed by atoms with Crippen molar-refractivity contribution in [3.05, 3.63) is 48.0 Å². The van der Waals surface area contributed by atoms with Crippen LogP contribution >= 0.6 is 0 Å². The first-order valence-corrected chi connectivity index (χ1v) is 7.86. The van der Waals surface area contributed by atoms with Gasteiger partial charge in [0.05, 0.1) is 0 Å². The van der Waals surface area contributed by atoms with Gasteiger partial charge >= 0.3 is 6.03 Å². The minimum absolute atomic E-state index is 0.192. The molecule has 1 aromatic heterocycles. The summed E-state index contributed by atoms with van der Waals surface area (Å²) in [5, 5.41) is 0. The summed E-state index contributed by atoms with van der Waals surface area (Å²) in [6.45, 7) is 4.22. The molecule has 4 heteroatoms. The Hall–Kier alpha value is -2.10. The summed E-state index contributed by atoms with van der Waals surface area (Å²) in [4.78, 5) is 11.7. The van der Waals surface area contributed by atoms with Crippen molar-refractivity contribution in [3.8, 4) is 11.1 Å². The largest absolute Gasteiger partial charge is 0.351 e. The lowest BCUT2D eigenvalue weighted by atomic mass is 9.91. The molecule has 2 N–H and O–H groups in total. The fraction of sp³-hybridized carbons (Fsp3) is 0.389. The minimum atomic E-state index is -0.521. The van der Waals surface area contributed by atoms with E-state index in [4.69, 9.17) is 5.73 Å². The van der Waals surface area contributed by atoms with Crippen LogP contribution in [-0.2, 0) is 0 Å². The number of primary amides is 1. The molecule has 22 heavy (non-hydrogen) atoms. The van der Waals surface area contributed by atoms with Crippen LogP contribution in [0.1, 0.15) is 51.1 Å². The van der Waals surface area contributed by atoms with Gasteiger partial charge in [0.25, 0.3) is 0 Å². The van der Waals surface area contributed by atoms with Gasteiger partial charge in [-0.25, -0.2) is 9.18 Å². The molecule has 0 spiro atoms. The Morgan fingerprint density at radius 1 is 1.23 bits per heavy atom. The van der Waals surface area contributed by atoms with Crippen molar-refractivity contribution in [2.24, 2.45) is 5.73 Å². The smallest absolute Gasteiger partial charge is 0.323 e. The molecule has 0 saturated carbocycles. The third-order valence-corrected chi connectivity index (χ3v) is 4.11. The molecule has 0 aliphatic heterocycles. The highest BCUT2D eigenvalue weighted by Gasteiger charge is 2.22. The van der Waals surface area contributed by atoms with E-state index >= 15 is 0 Å². The van der Waals surface area contributed by atoms with Crippen molar-refractivity contribution in [1.82, 2.24) is 4.57 Å². The van der Waals surface area contributed by atoms with Crippen molar-refractivity contribution in [1.29, 1.82) is 0 Å². The van der Waals surface area contributed by atoms with E-state index in [2.05, 4.69) is 13.8 Å². The van der Waals surface area contributed by atoms with Crippen LogP contribution < -0.4 is 5.73 Å². The van der Waals surface area contributed by atoms with E-state index in [1.807, 2.05) is 0 Å². The lowest BCUT2D eigenvalue weighted by Crippen LogP contribution is -2.22. The number of nitrogens with two attached hydrogens (primary N) is 1. The third kappa shape index (κ3) is 3.21. The molecule has 0 aliphatic rings. The molecule has 118 valence electrons. The second-order valence-corrected chi connectivity index (χ2v) is 5.55. The lowest BCUT2D eigenvalue weighted by Gasteiger charge is -2.19. The number of nitrogens with zero attached hydrogens (tertiary/aromatic N) is 1. The summed E-state index contributed by atoms with van der Waals surface area (Å²) in [5.74, 6) is -0.0895. The van der Waals surface area contributed by atoms with E-state index in [1.165, 1.54) is 10.6 Å². The van der Waals surface area contributed by atoms with Crippen LogP contribution in [0, 0.1) is 5.82 Å². The molecule has 1 amide bonds. The summed E-state index contributed by atoms with van der Waals surface area (Å²) in [7, 11) is 0. The molecule has 0 fully saturated rings. The Labute approximate surface area is 130 Å². The van der Waals surface area contributed by atoms with E-state index in [0.717, 1.165) is 36.9 Å². The zero-order valence-electron chi connectivity index (χ0n) is 13.2. The summed E-state index contributed by atoms with van der Waals surface area (Å²) >= 11 is 0. The number of rotatable bonds is 6. The number of carbonyl (C=O) groups is 1. The number of hydrogen-bond donors (Lipinski definition) is 1. The Morgan fingerprint density at radius 3 is 2.55 bits per heavy atom. The average molecular weight is 302 g/mol. The van der Waals surface area contributed by atoms with Crippen molar-refractivity contribution in [2.75, 3.05) is 0 Å². The van der Waals surface area contributed by atoms with E-state index in [0.29, 0.717) is 5.56 Å². The molecule has 1 aromatic carbocycles. The summed E-state index contributed by atoms with van der Waals surface area (Å²) in [6.07, 6.45) is 5.65. The number of amides is 1. The molecular formula is C18H23FN2O. The van der Waals surface area contributed by atoms with Crippen molar-refractivity contribution in [3.63, 3.8) is 0 Å². The van der Waals surface area contributed by atoms with Gasteiger partial charge in [-0.2, -0.15) is 0 Å². The Morgan fingerprint density at radius 2 is 1.95 bits per heavy atom. The topological polar surface area (TPSA) is 48.0 Å². The quantitative estimate of drug-likeness (QED) is 0.810. The number of unbranched alkanes of at least 4 members (excludes halogenated alkanes) is 1. The van der Waals surface area contributed by atoms with Gasteiger partial charge in [0.2, 0.25) is 0 Å². The predicted molar refractivity (Wildman–Crippen MR) is 87.4 cm³/mol. The highest BCUT2D eigenvalue weighted by molar-refractivity contribution is 5.80. The van der Waals surface area contributed by atoms with Crippen LogP contribution in [0.5, 0.6) is 0 Å². The molecule has 1 atom stereocenters. The Bertz CT molecular complexity index is 648. The molecule has 0 radical (unpaired) electrons. The third-order valence-electron chi connectivity index (χ3n) is 4.11. The maximum absolute atomic E-state index is 14.2. The van der Waals surface area contributed by atoms with Crippen LogP contribution in [0.4, 0.5) is 9.18 Å². The monoisotopic (exact) mass is 302 g/mol. The fourth-order valence-corrected chi connectivity index (χ4v) is 2.95. The summed E-state index contributed by atoms with van der Waals surface area (Å²) in [5.41, 5.74) is 7.61. The second-order valence-electron chi connectivity index (χ2n) is 5.55. The van der Waals surface area contributed by atoms with Gasteiger partial charge in [0.1, 0.15) is 5.82 Å². The number of halogens is 1. The Kier molecular flexibility index (Phi) is 5.36. The average Bonchev–Trinajstić information content (AvgIpc) is 2.93. The molecule has 3 nitrogen and oxygen atoms in total. The number of carbonyl (C=O) groups excluding carboxylic acids is 1. The summed E-state index contributed by atoms with van der Waals surface area (Å²) in [6, 6.07) is 7.91. The van der Waals surface area contributed by atoms with Crippen LogP contribution in [0.15, 0.2) is 36.5 Å². The van der Waals surface area contributed by atoms with Crippen LogP contribution in [0.3, 0.4) is 0 Å². The van der Waals surface area contributed by atoms with E-state index < -0.39 is 6.03 Å². The van der Waals surface area contributed by atoms with Crippen molar-refractivity contribution < 1.29 is 9.18 Å². The molecule has 2 aromatic rings. The van der Waals surface area contributed by atoms with Gasteiger partial charge in [-0.15, -0.1) is 0 Å². The second kappa shape index (κ2) is 7.25. The van der Waals surface area contributed by atoms with Crippen molar-refractivity contribution >= 4 is 6.03 Å². The van der Waals surface area contributed by atoms with Crippen LogP contribution in [0.2, 0.25) is 0 Å². The maximum atomic E-state index is 14.2. The minimum Gasteiger partial charge on any atom is -0.351 e. The molecule has 0 saturated heterocycles. The maximum Gasteiger partial charge on any atom is 0.323 e. The zero-order chi connectivity index (χ0) is 16.1. The SMILES string of the molecule is CCCCC(CC)c1c(-c2ccccc2F)ccn1C(N)=O. The van der Waals surface area contributed by atoms with Crippen molar-refractivity contribution in [2.45, 2.75) is 45.4 Å².